The maximum atomic E-state index is 11.0. The first-order valence-electron chi connectivity index (χ1n) is 7.77. The Labute approximate surface area is 134 Å². The lowest BCUT2D eigenvalue weighted by Gasteiger charge is -2.29. The fraction of sp³-hybridized carbons (Fsp3) is 0.444. The normalized spacial score (nSPS) is 23.7. The highest BCUT2D eigenvalue weighted by Gasteiger charge is 2.56. The average molecular weight is 313 g/mol. The second-order valence-electron chi connectivity index (χ2n) is 6.80. The molecule has 0 bridgehead atoms. The van der Waals surface area contributed by atoms with Gasteiger partial charge >= 0.3 is 5.97 Å². The van der Waals surface area contributed by atoms with Crippen molar-refractivity contribution < 1.29 is 19.0 Å². The zero-order valence-electron chi connectivity index (χ0n) is 13.7. The molecule has 2 aromatic rings. The molecule has 0 radical (unpaired) electrons. The zero-order chi connectivity index (χ0) is 16.4. The minimum absolute atomic E-state index is 0.0948. The molecule has 2 aliphatic rings. The van der Waals surface area contributed by atoms with Gasteiger partial charge in [-0.2, -0.15) is 0 Å². The van der Waals surface area contributed by atoms with Gasteiger partial charge < -0.3 is 14.2 Å². The van der Waals surface area contributed by atoms with Crippen LogP contribution in [0.1, 0.15) is 43.7 Å². The number of carbonyl (C=O) groups excluding carboxylic acids is 1. The monoisotopic (exact) mass is 313 g/mol. The molecular weight excluding hydrogens is 294 g/mol. The Balaban J connectivity index is 1.78. The lowest BCUT2D eigenvalue weighted by Crippen LogP contribution is -2.37. The highest BCUT2D eigenvalue weighted by atomic mass is 16.6. The van der Waals surface area contributed by atoms with Crippen molar-refractivity contribution in [2.24, 2.45) is 0 Å². The van der Waals surface area contributed by atoms with Crippen LogP contribution in [0.4, 0.5) is 0 Å². The lowest BCUT2D eigenvalue weighted by atomic mass is 9.93. The van der Waals surface area contributed by atoms with Crippen LogP contribution in [0.25, 0.3) is 10.9 Å². The number of hydrogen-bond donors (Lipinski definition) is 0. The molecule has 1 aromatic heterocycles. The van der Waals surface area contributed by atoms with E-state index < -0.39 is 0 Å². The standard InChI is InChI=1S/C18H19NO4/c1-9-5-11(8-21-10(2)20)19-14-6-13-15(7-12(9)14)23-18(3,4)17-16(13)22-17/h5-7,16-17H,8H2,1-4H3/t16-,17-/m1/s1. The third-order valence-electron chi connectivity index (χ3n) is 4.48. The number of aromatic nitrogens is 1. The molecule has 0 spiro atoms. The Morgan fingerprint density at radius 1 is 1.35 bits per heavy atom. The van der Waals surface area contributed by atoms with Gasteiger partial charge in [0.05, 0.1) is 11.2 Å². The van der Waals surface area contributed by atoms with E-state index in [2.05, 4.69) is 18.8 Å². The maximum absolute atomic E-state index is 11.0. The number of esters is 1. The molecule has 3 heterocycles. The maximum Gasteiger partial charge on any atom is 0.303 e. The van der Waals surface area contributed by atoms with Crippen LogP contribution in [-0.2, 0) is 20.9 Å². The van der Waals surface area contributed by atoms with Crippen LogP contribution in [0.2, 0.25) is 0 Å². The number of hydrogen-bond acceptors (Lipinski definition) is 5. The Hall–Kier alpha value is -2.14. The molecule has 120 valence electrons. The smallest absolute Gasteiger partial charge is 0.303 e. The van der Waals surface area contributed by atoms with Gasteiger partial charge in [0.25, 0.3) is 0 Å². The van der Waals surface area contributed by atoms with E-state index in [1.165, 1.54) is 6.92 Å². The van der Waals surface area contributed by atoms with E-state index in [4.69, 9.17) is 14.2 Å². The molecule has 2 aliphatic heterocycles. The van der Waals surface area contributed by atoms with Crippen LogP contribution in [0.15, 0.2) is 18.2 Å². The van der Waals surface area contributed by atoms with Crippen molar-refractivity contribution in [2.75, 3.05) is 0 Å². The van der Waals surface area contributed by atoms with Gasteiger partial charge in [0, 0.05) is 17.9 Å². The Kier molecular flexibility index (Phi) is 2.94. The van der Waals surface area contributed by atoms with Gasteiger partial charge in [-0.25, -0.2) is 4.98 Å². The van der Waals surface area contributed by atoms with Gasteiger partial charge in [-0.3, -0.25) is 4.79 Å². The minimum Gasteiger partial charge on any atom is -0.485 e. The van der Waals surface area contributed by atoms with Gasteiger partial charge in [0.2, 0.25) is 0 Å². The minimum atomic E-state index is -0.306. The van der Waals surface area contributed by atoms with Crippen molar-refractivity contribution in [1.29, 1.82) is 0 Å². The molecule has 0 amide bonds. The summed E-state index contributed by atoms with van der Waals surface area (Å²) in [6, 6.07) is 6.03. The summed E-state index contributed by atoms with van der Waals surface area (Å²) < 4.78 is 17.0. The van der Waals surface area contributed by atoms with Crippen molar-refractivity contribution in [3.63, 3.8) is 0 Å². The van der Waals surface area contributed by atoms with Crippen molar-refractivity contribution >= 4 is 16.9 Å². The van der Waals surface area contributed by atoms with Crippen molar-refractivity contribution in [3.8, 4) is 5.75 Å². The number of epoxide rings is 1. The van der Waals surface area contributed by atoms with Crippen LogP contribution in [-0.4, -0.2) is 22.7 Å². The van der Waals surface area contributed by atoms with E-state index in [-0.39, 0.29) is 30.4 Å². The number of fused-ring (bicyclic) bond motifs is 4. The summed E-state index contributed by atoms with van der Waals surface area (Å²) in [6.07, 6.45) is 0.204. The molecular formula is C18H19NO4. The third-order valence-corrected chi connectivity index (χ3v) is 4.48. The largest absolute Gasteiger partial charge is 0.485 e. The van der Waals surface area contributed by atoms with Gasteiger partial charge in [0.1, 0.15) is 30.2 Å². The molecule has 0 saturated carbocycles. The summed E-state index contributed by atoms with van der Waals surface area (Å²) in [7, 11) is 0. The third kappa shape index (κ3) is 2.36. The number of pyridine rings is 1. The molecule has 0 unspecified atom stereocenters. The first-order valence-corrected chi connectivity index (χ1v) is 7.77. The first kappa shape index (κ1) is 14.5. The molecule has 1 fully saturated rings. The SMILES string of the molecule is CC(=O)OCc1cc(C)c2cc3c(cc2n1)[C@H]1O[C@H]1C(C)(C)O3. The highest BCUT2D eigenvalue weighted by molar-refractivity contribution is 5.85. The van der Waals surface area contributed by atoms with E-state index in [0.717, 1.165) is 33.5 Å². The number of rotatable bonds is 2. The van der Waals surface area contributed by atoms with Gasteiger partial charge in [-0.15, -0.1) is 0 Å². The summed E-state index contributed by atoms with van der Waals surface area (Å²) in [5, 5.41) is 1.05. The molecule has 2 atom stereocenters. The molecule has 4 rings (SSSR count). The molecule has 5 heteroatoms. The first-order chi connectivity index (χ1) is 10.8. The molecule has 23 heavy (non-hydrogen) atoms. The number of aryl methyl sites for hydroxylation is 1. The zero-order valence-corrected chi connectivity index (χ0v) is 13.7. The van der Waals surface area contributed by atoms with Gasteiger partial charge in [0.15, 0.2) is 0 Å². The Morgan fingerprint density at radius 3 is 2.87 bits per heavy atom. The van der Waals surface area contributed by atoms with E-state index in [1.807, 2.05) is 25.1 Å². The molecule has 0 aliphatic carbocycles. The summed E-state index contributed by atoms with van der Waals surface area (Å²) in [6.45, 7) is 7.72. The number of carbonyl (C=O) groups is 1. The predicted octanol–water partition coefficient (Wildman–Crippen LogP) is 3.22. The molecule has 0 N–H and O–H groups in total. The second-order valence-corrected chi connectivity index (χ2v) is 6.80. The van der Waals surface area contributed by atoms with Crippen LogP contribution in [0, 0.1) is 6.92 Å². The number of nitrogens with zero attached hydrogens (tertiary/aromatic N) is 1. The fourth-order valence-corrected chi connectivity index (χ4v) is 3.29. The van der Waals surface area contributed by atoms with Gasteiger partial charge in [-0.1, -0.05) is 0 Å². The number of ether oxygens (including phenoxy) is 3. The van der Waals surface area contributed by atoms with E-state index in [0.29, 0.717) is 0 Å². The Morgan fingerprint density at radius 2 is 2.13 bits per heavy atom. The average Bonchev–Trinajstić information content (AvgIpc) is 3.26. The van der Waals surface area contributed by atoms with Gasteiger partial charge in [-0.05, 0) is 44.5 Å². The highest BCUT2D eigenvalue weighted by Crippen LogP contribution is 2.54. The van der Waals surface area contributed by atoms with Crippen LogP contribution < -0.4 is 4.74 Å². The summed E-state index contributed by atoms with van der Waals surface area (Å²) in [5.41, 5.74) is 3.46. The lowest BCUT2D eigenvalue weighted by molar-refractivity contribution is -0.142. The Bertz CT molecular complexity index is 827. The topological polar surface area (TPSA) is 61.0 Å². The van der Waals surface area contributed by atoms with Crippen molar-refractivity contribution in [3.05, 3.63) is 35.0 Å². The predicted molar refractivity (Wildman–Crippen MR) is 84.3 cm³/mol. The number of benzene rings is 1. The molecule has 1 aromatic carbocycles. The molecule has 1 saturated heterocycles. The summed E-state index contributed by atoms with van der Waals surface area (Å²) >= 11 is 0. The van der Waals surface area contributed by atoms with Crippen LogP contribution >= 0.6 is 0 Å². The van der Waals surface area contributed by atoms with E-state index in [9.17, 15) is 4.79 Å². The fourth-order valence-electron chi connectivity index (χ4n) is 3.29. The van der Waals surface area contributed by atoms with Crippen molar-refractivity contribution in [2.45, 2.75) is 52.1 Å². The second kappa shape index (κ2) is 4.68. The van der Waals surface area contributed by atoms with E-state index in [1.54, 1.807) is 0 Å². The summed E-state index contributed by atoms with van der Waals surface area (Å²) in [4.78, 5) is 15.6. The van der Waals surface area contributed by atoms with Crippen molar-refractivity contribution in [1.82, 2.24) is 4.98 Å². The van der Waals surface area contributed by atoms with E-state index >= 15 is 0 Å². The van der Waals surface area contributed by atoms with Crippen LogP contribution in [0.3, 0.4) is 0 Å². The summed E-state index contributed by atoms with van der Waals surface area (Å²) in [5.74, 6) is 0.568. The quantitative estimate of drug-likeness (QED) is 0.629. The molecule has 5 nitrogen and oxygen atoms in total. The van der Waals surface area contributed by atoms with Crippen LogP contribution in [0.5, 0.6) is 5.75 Å².